The fraction of sp³-hybridized carbons (Fsp3) is 0.364. The number of nitriles is 1. The lowest BCUT2D eigenvalue weighted by Crippen LogP contribution is -2.20. The smallest absolute Gasteiger partial charge is 0.406 e. The van der Waals surface area contributed by atoms with Gasteiger partial charge in [-0.3, -0.25) is 4.79 Å². The third kappa shape index (κ3) is 6.24. The minimum absolute atomic E-state index is 0.0492. The number of ether oxygens (including phenoxy) is 1. The number of halogens is 3. The quantitative estimate of drug-likeness (QED) is 0.692. The van der Waals surface area contributed by atoms with Crippen LogP contribution in [-0.4, -0.2) is 12.3 Å². The first-order valence-corrected chi connectivity index (χ1v) is 9.48. The monoisotopic (exact) mass is 402 g/mol. The highest BCUT2D eigenvalue weighted by Crippen LogP contribution is 2.38. The molecule has 1 aliphatic carbocycles. The molecule has 1 amide bonds. The van der Waals surface area contributed by atoms with Gasteiger partial charge in [-0.25, -0.2) is 0 Å². The van der Waals surface area contributed by atoms with Crippen molar-refractivity contribution in [2.45, 2.75) is 44.4 Å². The summed E-state index contributed by atoms with van der Waals surface area (Å²) >= 11 is 0. The summed E-state index contributed by atoms with van der Waals surface area (Å²) in [6, 6.07) is 14.8. The van der Waals surface area contributed by atoms with Gasteiger partial charge in [0.25, 0.3) is 0 Å². The van der Waals surface area contributed by atoms with Gasteiger partial charge in [0.1, 0.15) is 5.75 Å². The number of carbonyl (C=O) groups is 1. The number of amides is 1. The summed E-state index contributed by atoms with van der Waals surface area (Å²) in [5.74, 6) is 0.312. The molecule has 4 nitrogen and oxygen atoms in total. The second kappa shape index (κ2) is 8.99. The topological polar surface area (TPSA) is 62.1 Å². The summed E-state index contributed by atoms with van der Waals surface area (Å²) in [4.78, 5) is 12.3. The molecule has 1 N–H and O–H groups in total. The van der Waals surface area contributed by atoms with Crippen molar-refractivity contribution in [3.63, 3.8) is 0 Å². The van der Waals surface area contributed by atoms with Gasteiger partial charge in [-0.2, -0.15) is 5.26 Å². The Balaban J connectivity index is 1.46. The zero-order chi connectivity index (χ0) is 20.9. The average Bonchev–Trinajstić information content (AvgIpc) is 2.68. The predicted octanol–water partition coefficient (Wildman–Crippen LogP) is 5.76. The van der Waals surface area contributed by atoms with Crippen molar-refractivity contribution in [1.29, 1.82) is 5.26 Å². The Morgan fingerprint density at radius 1 is 1.03 bits per heavy atom. The van der Waals surface area contributed by atoms with Crippen LogP contribution in [0.1, 0.15) is 49.1 Å². The molecular formula is C22H21F3N2O2. The number of benzene rings is 2. The van der Waals surface area contributed by atoms with E-state index in [-0.39, 0.29) is 23.5 Å². The number of nitrogens with one attached hydrogen (secondary N) is 1. The van der Waals surface area contributed by atoms with E-state index < -0.39 is 6.36 Å². The Labute approximate surface area is 167 Å². The molecule has 2 aromatic carbocycles. The maximum absolute atomic E-state index is 12.3. The van der Waals surface area contributed by atoms with Crippen LogP contribution >= 0.6 is 0 Å². The Bertz CT molecular complexity index is 863. The fourth-order valence-corrected chi connectivity index (χ4v) is 3.74. The van der Waals surface area contributed by atoms with Gasteiger partial charge in [-0.1, -0.05) is 12.1 Å². The third-order valence-corrected chi connectivity index (χ3v) is 5.20. The van der Waals surface area contributed by atoms with Gasteiger partial charge in [0.2, 0.25) is 5.91 Å². The lowest BCUT2D eigenvalue weighted by Gasteiger charge is -2.28. The molecule has 0 aromatic heterocycles. The van der Waals surface area contributed by atoms with Crippen LogP contribution in [0.3, 0.4) is 0 Å². The van der Waals surface area contributed by atoms with E-state index in [1.54, 1.807) is 36.4 Å². The number of hydrogen-bond donors (Lipinski definition) is 1. The van der Waals surface area contributed by atoms with Crippen LogP contribution in [0.2, 0.25) is 0 Å². The predicted molar refractivity (Wildman–Crippen MR) is 102 cm³/mol. The van der Waals surface area contributed by atoms with Crippen molar-refractivity contribution in [2.24, 2.45) is 5.92 Å². The number of nitrogens with zero attached hydrogens (tertiary/aromatic N) is 1. The van der Waals surface area contributed by atoms with E-state index in [1.807, 2.05) is 6.07 Å². The van der Waals surface area contributed by atoms with Crippen molar-refractivity contribution in [2.75, 3.05) is 5.32 Å². The van der Waals surface area contributed by atoms with Crippen LogP contribution in [0.25, 0.3) is 0 Å². The normalized spacial score (nSPS) is 19.2. The third-order valence-electron chi connectivity index (χ3n) is 5.20. The first-order valence-electron chi connectivity index (χ1n) is 9.48. The first-order chi connectivity index (χ1) is 13.8. The van der Waals surface area contributed by atoms with Crippen molar-refractivity contribution < 1.29 is 22.7 Å². The molecular weight excluding hydrogens is 381 g/mol. The highest BCUT2D eigenvalue weighted by molar-refractivity contribution is 5.90. The molecule has 152 valence electrons. The Hall–Kier alpha value is -3.01. The highest BCUT2D eigenvalue weighted by atomic mass is 19.4. The molecule has 0 atom stereocenters. The lowest BCUT2D eigenvalue weighted by molar-refractivity contribution is -0.274. The maximum atomic E-state index is 12.3. The van der Waals surface area contributed by atoms with Crippen molar-refractivity contribution in [1.82, 2.24) is 0 Å². The largest absolute Gasteiger partial charge is 0.573 e. The minimum atomic E-state index is -4.68. The molecule has 1 aliphatic rings. The molecule has 0 unspecified atom stereocenters. The Morgan fingerprint density at radius 2 is 1.66 bits per heavy atom. The van der Waals surface area contributed by atoms with E-state index in [4.69, 9.17) is 5.26 Å². The SMILES string of the molecule is N#Cc1ccc(NC(=O)C[C@H]2CC[C@@H](c3ccc(OC(F)(F)F)cc3)CC2)cc1. The minimum Gasteiger partial charge on any atom is -0.406 e. The molecule has 0 aliphatic heterocycles. The molecule has 7 heteroatoms. The number of carbonyl (C=O) groups excluding carboxylic acids is 1. The van der Waals surface area contributed by atoms with Gasteiger partial charge in [-0.15, -0.1) is 13.2 Å². The van der Waals surface area contributed by atoms with E-state index >= 15 is 0 Å². The molecule has 0 spiro atoms. The van der Waals surface area contributed by atoms with Gasteiger partial charge >= 0.3 is 6.36 Å². The molecule has 0 heterocycles. The molecule has 2 aromatic rings. The molecule has 0 bridgehead atoms. The molecule has 1 fully saturated rings. The molecule has 29 heavy (non-hydrogen) atoms. The highest BCUT2D eigenvalue weighted by Gasteiger charge is 2.31. The average molecular weight is 402 g/mol. The standard InChI is InChI=1S/C22H21F3N2O2/c23-22(24,25)29-20-11-7-18(8-12-20)17-5-1-15(2-6-17)13-21(28)27-19-9-3-16(14-26)4-10-19/h3-4,7-12,15,17H,1-2,5-6,13H2,(H,27,28)/t15-,17+. The van der Waals surface area contributed by atoms with Crippen molar-refractivity contribution >= 4 is 11.6 Å². The van der Waals surface area contributed by atoms with Crippen LogP contribution in [0.4, 0.5) is 18.9 Å². The maximum Gasteiger partial charge on any atom is 0.573 e. The number of anilines is 1. The molecule has 3 rings (SSSR count). The van der Waals surface area contributed by atoms with E-state index in [0.29, 0.717) is 17.7 Å². The van der Waals surface area contributed by atoms with Gasteiger partial charge in [0, 0.05) is 12.1 Å². The van der Waals surface area contributed by atoms with E-state index in [2.05, 4.69) is 10.1 Å². The van der Waals surface area contributed by atoms with Crippen LogP contribution in [0, 0.1) is 17.2 Å². The summed E-state index contributed by atoms with van der Waals surface area (Å²) in [5, 5.41) is 11.7. The van der Waals surface area contributed by atoms with Gasteiger partial charge in [-0.05, 0) is 79.5 Å². The van der Waals surface area contributed by atoms with Crippen molar-refractivity contribution in [3.8, 4) is 11.8 Å². The summed E-state index contributed by atoms with van der Waals surface area (Å²) in [6.07, 6.45) is -0.663. The van der Waals surface area contributed by atoms with Crippen LogP contribution < -0.4 is 10.1 Å². The van der Waals surface area contributed by atoms with E-state index in [0.717, 1.165) is 31.2 Å². The second-order valence-electron chi connectivity index (χ2n) is 7.28. The molecule has 0 radical (unpaired) electrons. The number of hydrogen-bond acceptors (Lipinski definition) is 3. The molecule has 1 saturated carbocycles. The van der Waals surface area contributed by atoms with Gasteiger partial charge < -0.3 is 10.1 Å². The van der Waals surface area contributed by atoms with E-state index in [1.165, 1.54) is 12.1 Å². The van der Waals surface area contributed by atoms with Crippen LogP contribution in [0.15, 0.2) is 48.5 Å². The summed E-state index contributed by atoms with van der Waals surface area (Å²) in [5.41, 5.74) is 2.21. The Morgan fingerprint density at radius 3 is 2.21 bits per heavy atom. The Kier molecular flexibility index (Phi) is 6.42. The lowest BCUT2D eigenvalue weighted by atomic mass is 9.77. The zero-order valence-electron chi connectivity index (χ0n) is 15.7. The van der Waals surface area contributed by atoms with Crippen molar-refractivity contribution in [3.05, 3.63) is 59.7 Å². The number of rotatable bonds is 5. The summed E-state index contributed by atoms with van der Waals surface area (Å²) in [6.45, 7) is 0. The van der Waals surface area contributed by atoms with Crippen LogP contribution in [-0.2, 0) is 4.79 Å². The first kappa shape index (κ1) is 20.7. The fourth-order valence-electron chi connectivity index (χ4n) is 3.74. The summed E-state index contributed by atoms with van der Waals surface area (Å²) in [7, 11) is 0. The van der Waals surface area contributed by atoms with Gasteiger partial charge in [0.05, 0.1) is 11.6 Å². The van der Waals surface area contributed by atoms with Crippen LogP contribution in [0.5, 0.6) is 5.75 Å². The van der Waals surface area contributed by atoms with Gasteiger partial charge in [0.15, 0.2) is 0 Å². The number of alkyl halides is 3. The summed E-state index contributed by atoms with van der Waals surface area (Å²) < 4.78 is 40.6. The molecule has 0 saturated heterocycles. The van der Waals surface area contributed by atoms with E-state index in [9.17, 15) is 18.0 Å². The zero-order valence-corrected chi connectivity index (χ0v) is 15.7. The second-order valence-corrected chi connectivity index (χ2v) is 7.28.